The highest BCUT2D eigenvalue weighted by Crippen LogP contribution is 2.10. The fourth-order valence-electron chi connectivity index (χ4n) is 1.51. The van der Waals surface area contributed by atoms with E-state index in [-0.39, 0.29) is 0 Å². The van der Waals surface area contributed by atoms with Crippen LogP contribution in [0.25, 0.3) is 0 Å². The molecule has 1 aromatic heterocycles. The minimum Gasteiger partial charge on any atom is -0.345 e. The molecule has 0 spiro atoms. The van der Waals surface area contributed by atoms with Crippen LogP contribution in [0.3, 0.4) is 0 Å². The molecule has 0 fully saturated rings. The first-order chi connectivity index (χ1) is 7.74. The summed E-state index contributed by atoms with van der Waals surface area (Å²) >= 11 is 3.42. The molecule has 2 rings (SSSR count). The fraction of sp³-hybridized carbons (Fsp3) is 0.250. The largest absolute Gasteiger partial charge is 0.345 e. The van der Waals surface area contributed by atoms with Crippen LogP contribution in [-0.2, 0) is 13.1 Å². The summed E-state index contributed by atoms with van der Waals surface area (Å²) in [6.07, 6.45) is 1.86. The molecule has 2 N–H and O–H groups in total. The molecule has 0 saturated heterocycles. The highest BCUT2D eigenvalue weighted by molar-refractivity contribution is 9.10. The average molecular weight is 280 g/mol. The van der Waals surface area contributed by atoms with Crippen molar-refractivity contribution >= 4 is 15.9 Å². The van der Waals surface area contributed by atoms with Gasteiger partial charge in [-0.05, 0) is 24.6 Å². The number of rotatable bonds is 4. The van der Waals surface area contributed by atoms with Gasteiger partial charge < -0.3 is 10.3 Å². The van der Waals surface area contributed by atoms with E-state index >= 15 is 0 Å². The topological polar surface area (TPSA) is 40.7 Å². The standard InChI is InChI=1S/C12H14BrN3/c1-9-15-8-12(16-9)7-14-6-10-2-4-11(13)5-3-10/h2-5,8,14H,6-7H2,1H3,(H,15,16). The van der Waals surface area contributed by atoms with Crippen LogP contribution < -0.4 is 5.32 Å². The lowest BCUT2D eigenvalue weighted by molar-refractivity contribution is 0.681. The Morgan fingerprint density at radius 2 is 2.00 bits per heavy atom. The minimum absolute atomic E-state index is 0.816. The van der Waals surface area contributed by atoms with Gasteiger partial charge in [0.15, 0.2) is 0 Å². The molecule has 3 nitrogen and oxygen atoms in total. The van der Waals surface area contributed by atoms with Crippen LogP contribution in [0.4, 0.5) is 0 Å². The number of aromatic nitrogens is 2. The maximum Gasteiger partial charge on any atom is 0.103 e. The zero-order valence-electron chi connectivity index (χ0n) is 9.13. The molecule has 4 heteroatoms. The maximum atomic E-state index is 4.15. The number of aromatic amines is 1. The third-order valence-corrected chi connectivity index (χ3v) is 2.84. The van der Waals surface area contributed by atoms with Gasteiger partial charge in [0.2, 0.25) is 0 Å². The molecule has 1 heterocycles. The highest BCUT2D eigenvalue weighted by atomic mass is 79.9. The monoisotopic (exact) mass is 279 g/mol. The average Bonchev–Trinajstić information content (AvgIpc) is 2.67. The SMILES string of the molecule is Cc1ncc(CNCc2ccc(Br)cc2)[nH]1. The number of imidazole rings is 1. The molecule has 0 amide bonds. The summed E-state index contributed by atoms with van der Waals surface area (Å²) in [7, 11) is 0. The van der Waals surface area contributed by atoms with Gasteiger partial charge in [-0.2, -0.15) is 0 Å². The van der Waals surface area contributed by atoms with E-state index in [1.165, 1.54) is 5.56 Å². The first kappa shape index (κ1) is 11.4. The zero-order chi connectivity index (χ0) is 11.4. The minimum atomic E-state index is 0.816. The predicted molar refractivity (Wildman–Crippen MR) is 68.0 cm³/mol. The van der Waals surface area contributed by atoms with E-state index in [0.29, 0.717) is 0 Å². The van der Waals surface area contributed by atoms with E-state index in [9.17, 15) is 0 Å². The summed E-state index contributed by atoms with van der Waals surface area (Å²) < 4.78 is 1.11. The van der Waals surface area contributed by atoms with Crippen molar-refractivity contribution in [2.75, 3.05) is 0 Å². The van der Waals surface area contributed by atoms with Crippen LogP contribution >= 0.6 is 15.9 Å². The number of benzene rings is 1. The van der Waals surface area contributed by atoms with Gasteiger partial charge in [-0.25, -0.2) is 4.98 Å². The lowest BCUT2D eigenvalue weighted by Crippen LogP contribution is -2.12. The molecular formula is C12H14BrN3. The van der Waals surface area contributed by atoms with Gasteiger partial charge in [-0.15, -0.1) is 0 Å². The maximum absolute atomic E-state index is 4.15. The molecule has 0 unspecified atom stereocenters. The molecule has 0 aliphatic rings. The number of nitrogens with zero attached hydrogens (tertiary/aromatic N) is 1. The second kappa shape index (κ2) is 5.27. The lowest BCUT2D eigenvalue weighted by Gasteiger charge is -2.03. The number of halogens is 1. The first-order valence-corrected chi connectivity index (χ1v) is 5.99. The molecule has 0 bridgehead atoms. The molecule has 0 aliphatic carbocycles. The van der Waals surface area contributed by atoms with Crippen LogP contribution in [-0.4, -0.2) is 9.97 Å². The zero-order valence-corrected chi connectivity index (χ0v) is 10.7. The van der Waals surface area contributed by atoms with E-state index in [0.717, 1.165) is 29.1 Å². The molecule has 0 aliphatic heterocycles. The summed E-state index contributed by atoms with van der Waals surface area (Å²) in [5, 5.41) is 3.36. The molecular weight excluding hydrogens is 266 g/mol. The Bertz CT molecular complexity index is 448. The Balaban J connectivity index is 1.82. The summed E-state index contributed by atoms with van der Waals surface area (Å²) in [5.74, 6) is 0.959. The van der Waals surface area contributed by atoms with Crippen LogP contribution in [0.15, 0.2) is 34.9 Å². The van der Waals surface area contributed by atoms with E-state index < -0.39 is 0 Å². The van der Waals surface area contributed by atoms with Crippen LogP contribution in [0.1, 0.15) is 17.1 Å². The van der Waals surface area contributed by atoms with Crippen LogP contribution in [0, 0.1) is 6.92 Å². The van der Waals surface area contributed by atoms with Crippen molar-refractivity contribution in [3.8, 4) is 0 Å². The lowest BCUT2D eigenvalue weighted by atomic mass is 10.2. The summed E-state index contributed by atoms with van der Waals surface area (Å²) in [6.45, 7) is 3.64. The Morgan fingerprint density at radius 1 is 1.25 bits per heavy atom. The van der Waals surface area contributed by atoms with E-state index in [2.05, 4.69) is 55.5 Å². The third-order valence-electron chi connectivity index (χ3n) is 2.31. The summed E-state index contributed by atoms with van der Waals surface area (Å²) in [6, 6.07) is 8.32. The smallest absolute Gasteiger partial charge is 0.103 e. The molecule has 84 valence electrons. The number of hydrogen-bond acceptors (Lipinski definition) is 2. The van der Waals surface area contributed by atoms with E-state index in [1.54, 1.807) is 0 Å². The highest BCUT2D eigenvalue weighted by Gasteiger charge is 1.96. The van der Waals surface area contributed by atoms with Gasteiger partial charge in [-0.1, -0.05) is 28.1 Å². The van der Waals surface area contributed by atoms with Crippen LogP contribution in [0.5, 0.6) is 0 Å². The Kier molecular flexibility index (Phi) is 3.74. The number of H-pyrrole nitrogens is 1. The Morgan fingerprint density at radius 3 is 2.62 bits per heavy atom. The third kappa shape index (κ3) is 3.18. The first-order valence-electron chi connectivity index (χ1n) is 5.20. The Labute approximate surface area is 103 Å². The van der Waals surface area contributed by atoms with Crippen LogP contribution in [0.2, 0.25) is 0 Å². The summed E-state index contributed by atoms with van der Waals surface area (Å²) in [5.41, 5.74) is 2.40. The van der Waals surface area contributed by atoms with E-state index in [4.69, 9.17) is 0 Å². The number of hydrogen-bond donors (Lipinski definition) is 2. The van der Waals surface area contributed by atoms with E-state index in [1.807, 2.05) is 13.1 Å². The van der Waals surface area contributed by atoms with Crippen molar-refractivity contribution in [1.29, 1.82) is 0 Å². The molecule has 0 radical (unpaired) electrons. The number of nitrogens with one attached hydrogen (secondary N) is 2. The quantitative estimate of drug-likeness (QED) is 0.904. The van der Waals surface area contributed by atoms with Gasteiger partial charge in [0.25, 0.3) is 0 Å². The van der Waals surface area contributed by atoms with Crippen molar-refractivity contribution < 1.29 is 0 Å². The van der Waals surface area contributed by atoms with Gasteiger partial charge >= 0.3 is 0 Å². The fourth-order valence-corrected chi connectivity index (χ4v) is 1.77. The second-order valence-electron chi connectivity index (χ2n) is 3.72. The molecule has 1 aromatic carbocycles. The number of aryl methyl sites for hydroxylation is 1. The predicted octanol–water partition coefficient (Wildman–Crippen LogP) is 2.77. The second-order valence-corrected chi connectivity index (χ2v) is 4.64. The van der Waals surface area contributed by atoms with Crippen molar-refractivity contribution in [2.45, 2.75) is 20.0 Å². The van der Waals surface area contributed by atoms with Gasteiger partial charge in [-0.3, -0.25) is 0 Å². The molecule has 16 heavy (non-hydrogen) atoms. The van der Waals surface area contributed by atoms with Crippen molar-refractivity contribution in [3.63, 3.8) is 0 Å². The van der Waals surface area contributed by atoms with Crippen molar-refractivity contribution in [2.24, 2.45) is 0 Å². The Hall–Kier alpha value is -1.13. The normalized spacial score (nSPS) is 10.6. The summed E-state index contributed by atoms with van der Waals surface area (Å²) in [4.78, 5) is 7.34. The molecule has 0 saturated carbocycles. The van der Waals surface area contributed by atoms with Gasteiger partial charge in [0.05, 0.1) is 0 Å². The van der Waals surface area contributed by atoms with Gasteiger partial charge in [0, 0.05) is 29.5 Å². The molecule has 0 atom stereocenters. The van der Waals surface area contributed by atoms with Gasteiger partial charge in [0.1, 0.15) is 5.82 Å². The molecule has 2 aromatic rings. The van der Waals surface area contributed by atoms with Crippen molar-refractivity contribution in [1.82, 2.24) is 15.3 Å². The van der Waals surface area contributed by atoms with Crippen molar-refractivity contribution in [3.05, 3.63) is 52.0 Å².